The lowest BCUT2D eigenvalue weighted by Crippen LogP contribution is -2.69. The Hall–Kier alpha value is -3.23. The largest absolute Gasteiger partial charge is 0.491 e. The number of fused-ring (bicyclic) bond motifs is 3. The zero-order valence-electron chi connectivity index (χ0n) is 37.4. The maximum Gasteiger partial charge on any atom is 0.491 e. The van der Waals surface area contributed by atoms with Gasteiger partial charge in [-0.05, 0) is 103 Å². The number of hydrogen-bond donors (Lipinski definition) is 2. The number of aliphatic carboxylic acids is 1. The average Bonchev–Trinajstić information content (AvgIpc) is 3.64. The number of alkyl halides is 3. The molecule has 14 heteroatoms. The second-order valence-corrected chi connectivity index (χ2v) is 21.5. The van der Waals surface area contributed by atoms with E-state index in [0.29, 0.717) is 37.8 Å². The zero-order chi connectivity index (χ0) is 44.2. The molecule has 1 saturated heterocycles. The number of halogens is 3. The normalized spacial score (nSPS) is 40.5. The van der Waals surface area contributed by atoms with Crippen molar-refractivity contribution in [2.24, 2.45) is 68.3 Å². The van der Waals surface area contributed by atoms with E-state index in [1.165, 1.54) is 24.1 Å². The van der Waals surface area contributed by atoms with Gasteiger partial charge in [-0.2, -0.15) is 18.3 Å². The van der Waals surface area contributed by atoms with Crippen LogP contribution in [0.15, 0.2) is 42.1 Å². The summed E-state index contributed by atoms with van der Waals surface area (Å²) < 4.78 is 60.3. The van der Waals surface area contributed by atoms with Crippen LogP contribution >= 0.6 is 0 Å². The number of likely N-dealkylation sites (N-methyl/N-ethyl adjacent to an activating group) is 1. The lowest BCUT2D eigenvalue weighted by molar-refractivity contribution is -0.253. The van der Waals surface area contributed by atoms with Crippen molar-refractivity contribution in [1.82, 2.24) is 19.7 Å². The Morgan fingerprint density at radius 1 is 1.07 bits per heavy atom. The van der Waals surface area contributed by atoms with Crippen LogP contribution in [0.3, 0.4) is 0 Å². The highest BCUT2D eigenvalue weighted by Gasteiger charge is 2.72. The number of carboxylic acid groups (broad SMARTS) is 1. The molecule has 1 aromatic rings. The minimum Gasteiger partial charge on any atom is -0.481 e. The standard InChI is InChI=1S/C46H68F3N5O6/c1-26(2)28(5)40(6)17-18-42(8)30-12-13-34-41(7)22-58-24-45(34,31(30)14-16-43(42,9)35(40)38(55)56)21-33(36(41)59-23-44(10,50)27(3)4)54-37(51-25-52-54)32-20-29(15-19-53(32)11)60-39(57)46(47,48)49/h14-15,19-20,25-28,30,32-36H,12-13,16-18,21-24,50H2,1-11H3,(H,55,56)/t28-,30+,32?,33-,34+,35-,36+,40-,41-,42-,43+,44+,45+/m1/s1. The highest BCUT2D eigenvalue weighted by molar-refractivity contribution is 5.77. The third-order valence-electron chi connectivity index (χ3n) is 17.8. The molecule has 7 rings (SSSR count). The second kappa shape index (κ2) is 15.0. The molecule has 0 radical (unpaired) electrons. The molecule has 2 bridgehead atoms. The van der Waals surface area contributed by atoms with Crippen LogP contribution in [-0.2, 0) is 23.8 Å². The first-order valence-corrected chi connectivity index (χ1v) is 22.0. The minimum absolute atomic E-state index is 0.120. The van der Waals surface area contributed by atoms with Crippen LogP contribution < -0.4 is 5.73 Å². The number of nitrogens with two attached hydrogens (primary N) is 1. The van der Waals surface area contributed by atoms with Gasteiger partial charge in [-0.3, -0.25) is 4.79 Å². The summed E-state index contributed by atoms with van der Waals surface area (Å²) in [5.41, 5.74) is 5.54. The minimum atomic E-state index is -5.16. The van der Waals surface area contributed by atoms with Gasteiger partial charge in [-0.25, -0.2) is 14.5 Å². The Labute approximate surface area is 353 Å². The van der Waals surface area contributed by atoms with Gasteiger partial charge in [0.15, 0.2) is 5.82 Å². The Balaban J connectivity index is 1.34. The summed E-state index contributed by atoms with van der Waals surface area (Å²) in [6.45, 7) is 23.2. The van der Waals surface area contributed by atoms with Gasteiger partial charge in [0.1, 0.15) is 18.1 Å². The molecule has 3 saturated carbocycles. The fraction of sp³-hybridized carbons (Fsp3) is 0.783. The molecule has 3 N–H and O–H groups in total. The Morgan fingerprint density at radius 3 is 2.40 bits per heavy atom. The monoisotopic (exact) mass is 844 g/mol. The molecule has 0 amide bonds. The van der Waals surface area contributed by atoms with E-state index >= 15 is 0 Å². The smallest absolute Gasteiger partial charge is 0.481 e. The number of esters is 1. The summed E-state index contributed by atoms with van der Waals surface area (Å²) in [6.07, 6.45) is 7.55. The van der Waals surface area contributed by atoms with Gasteiger partial charge in [0.2, 0.25) is 0 Å². The van der Waals surface area contributed by atoms with Crippen molar-refractivity contribution in [3.63, 3.8) is 0 Å². The zero-order valence-corrected chi connectivity index (χ0v) is 37.4. The first-order chi connectivity index (χ1) is 27.8. The average molecular weight is 844 g/mol. The van der Waals surface area contributed by atoms with E-state index in [-0.39, 0.29) is 46.9 Å². The van der Waals surface area contributed by atoms with Gasteiger partial charge < -0.3 is 30.0 Å². The van der Waals surface area contributed by atoms with Crippen LogP contribution in [0.2, 0.25) is 0 Å². The molecule has 3 heterocycles. The number of hydrogen-bond acceptors (Lipinski definition) is 9. The van der Waals surface area contributed by atoms with E-state index in [1.807, 2.05) is 11.6 Å². The van der Waals surface area contributed by atoms with E-state index in [1.54, 1.807) is 18.1 Å². The number of allylic oxidation sites excluding steroid dienone is 2. The van der Waals surface area contributed by atoms with Gasteiger partial charge >= 0.3 is 18.1 Å². The molecule has 0 spiro atoms. The molecule has 334 valence electrons. The molecular formula is C46H68F3N5O6. The third-order valence-corrected chi connectivity index (χ3v) is 17.8. The van der Waals surface area contributed by atoms with Crippen molar-refractivity contribution in [3.05, 3.63) is 47.9 Å². The molecule has 13 atom stereocenters. The molecular weight excluding hydrogens is 776 g/mol. The van der Waals surface area contributed by atoms with Crippen molar-refractivity contribution in [3.8, 4) is 0 Å². The van der Waals surface area contributed by atoms with E-state index < -0.39 is 64.0 Å². The van der Waals surface area contributed by atoms with Crippen LogP contribution in [0.5, 0.6) is 0 Å². The molecule has 1 aromatic heterocycles. The molecule has 1 unspecified atom stereocenters. The molecule has 2 aliphatic heterocycles. The summed E-state index contributed by atoms with van der Waals surface area (Å²) in [7, 11) is 1.78. The molecule has 6 aliphatic rings. The van der Waals surface area contributed by atoms with Crippen LogP contribution in [-0.4, -0.2) is 81.4 Å². The summed E-state index contributed by atoms with van der Waals surface area (Å²) in [5, 5.41) is 16.0. The summed E-state index contributed by atoms with van der Waals surface area (Å²) in [4.78, 5) is 32.0. The summed E-state index contributed by atoms with van der Waals surface area (Å²) in [6, 6.07) is -1.10. The predicted molar refractivity (Wildman–Crippen MR) is 220 cm³/mol. The Morgan fingerprint density at radius 2 is 1.77 bits per heavy atom. The highest BCUT2D eigenvalue weighted by atomic mass is 19.4. The number of nitrogens with zero attached hydrogens (tertiary/aromatic N) is 4. The fourth-order valence-corrected chi connectivity index (χ4v) is 13.4. The Bertz CT molecular complexity index is 1940. The van der Waals surface area contributed by atoms with E-state index in [2.05, 4.69) is 68.4 Å². The van der Waals surface area contributed by atoms with Crippen molar-refractivity contribution in [2.75, 3.05) is 26.9 Å². The second-order valence-electron chi connectivity index (χ2n) is 21.5. The number of ether oxygens (including phenoxy) is 3. The van der Waals surface area contributed by atoms with Crippen molar-refractivity contribution in [1.29, 1.82) is 0 Å². The van der Waals surface area contributed by atoms with E-state index in [0.717, 1.165) is 25.7 Å². The van der Waals surface area contributed by atoms with Gasteiger partial charge in [-0.1, -0.05) is 74.0 Å². The van der Waals surface area contributed by atoms with E-state index in [4.69, 9.17) is 30.0 Å². The fourth-order valence-electron chi connectivity index (χ4n) is 13.4. The predicted octanol–water partition coefficient (Wildman–Crippen LogP) is 8.66. The van der Waals surface area contributed by atoms with Crippen LogP contribution in [0.25, 0.3) is 0 Å². The quantitative estimate of drug-likeness (QED) is 0.174. The SMILES string of the molecule is CC(C)[C@@H](C)[C@@]1(C)CC[C@]2(C)[C@H]3CC[C@@H]4[C@@]5(COC[C@@]4(C)[C@@H](OC[C@](C)(N)C(C)C)[C@H](n4ncnc4C4C=C(OC(=O)C(F)(F)F)C=CN4C)C5)C3=CC[C@@]2(C)[C@@H]1C(=O)O. The Kier molecular flexibility index (Phi) is 11.2. The highest BCUT2D eigenvalue weighted by Crippen LogP contribution is 2.75. The summed E-state index contributed by atoms with van der Waals surface area (Å²) >= 11 is 0. The number of carbonyl (C=O) groups excluding carboxylic acids is 1. The maximum absolute atomic E-state index is 13.6. The molecule has 4 fully saturated rings. The molecule has 60 heavy (non-hydrogen) atoms. The van der Waals surface area contributed by atoms with Crippen LogP contribution in [0.4, 0.5) is 13.2 Å². The molecule has 4 aliphatic carbocycles. The van der Waals surface area contributed by atoms with Gasteiger partial charge in [-0.15, -0.1) is 0 Å². The third kappa shape index (κ3) is 6.70. The summed E-state index contributed by atoms with van der Waals surface area (Å²) in [5.74, 6) is -2.25. The van der Waals surface area contributed by atoms with Crippen molar-refractivity contribution < 1.29 is 42.1 Å². The number of aromatic nitrogens is 3. The number of rotatable bonds is 10. The molecule has 0 aromatic carbocycles. The number of carbonyl (C=O) groups is 2. The lowest BCUT2D eigenvalue weighted by atomic mass is 9.34. The van der Waals surface area contributed by atoms with E-state index in [9.17, 15) is 27.9 Å². The van der Waals surface area contributed by atoms with Crippen molar-refractivity contribution in [2.45, 2.75) is 138 Å². The van der Waals surface area contributed by atoms with Gasteiger partial charge in [0.05, 0.1) is 37.9 Å². The van der Waals surface area contributed by atoms with Crippen LogP contribution in [0.1, 0.15) is 126 Å². The van der Waals surface area contributed by atoms with Crippen LogP contribution in [0, 0.1) is 62.6 Å². The first-order valence-electron chi connectivity index (χ1n) is 22.0. The lowest BCUT2D eigenvalue weighted by Gasteiger charge is -2.71. The van der Waals surface area contributed by atoms with Gasteiger partial charge in [0.25, 0.3) is 0 Å². The molecule has 11 nitrogen and oxygen atoms in total. The maximum atomic E-state index is 13.6. The number of carboxylic acids is 1. The van der Waals surface area contributed by atoms with Gasteiger partial charge in [0, 0.05) is 29.6 Å². The first kappa shape index (κ1) is 44.8. The topological polar surface area (TPSA) is 142 Å². The van der Waals surface area contributed by atoms with Crippen molar-refractivity contribution >= 4 is 11.9 Å².